The zero-order chi connectivity index (χ0) is 16.2. The molecule has 3 heterocycles. The van der Waals surface area contributed by atoms with Crippen LogP contribution in [0.3, 0.4) is 0 Å². The summed E-state index contributed by atoms with van der Waals surface area (Å²) in [5.74, 6) is -0.707. The van der Waals surface area contributed by atoms with E-state index in [1.54, 1.807) is 6.20 Å². The van der Waals surface area contributed by atoms with Gasteiger partial charge in [0.2, 0.25) is 5.91 Å². The van der Waals surface area contributed by atoms with Gasteiger partial charge in [0.15, 0.2) is 5.13 Å². The van der Waals surface area contributed by atoms with E-state index in [-0.39, 0.29) is 18.7 Å². The second kappa shape index (κ2) is 6.53. The number of anilines is 1. The lowest BCUT2D eigenvalue weighted by Crippen LogP contribution is -2.13. The highest BCUT2D eigenvalue weighted by Gasteiger charge is 2.13. The number of carbonyl (C=O) groups is 2. The van der Waals surface area contributed by atoms with E-state index in [2.05, 4.69) is 30.0 Å². The highest BCUT2D eigenvalue weighted by atomic mass is 32.1. The first-order valence-corrected chi connectivity index (χ1v) is 7.66. The van der Waals surface area contributed by atoms with Gasteiger partial charge in [-0.25, -0.2) is 15.0 Å². The van der Waals surface area contributed by atoms with Crippen LogP contribution in [0.25, 0.3) is 22.4 Å². The minimum absolute atomic E-state index is 0.0381. The fourth-order valence-corrected chi connectivity index (χ4v) is 2.73. The summed E-state index contributed by atoms with van der Waals surface area (Å²) in [6.45, 7) is 0. The Kier molecular flexibility index (Phi) is 4.29. The Morgan fingerprint density at radius 3 is 3.04 bits per heavy atom. The summed E-state index contributed by atoms with van der Waals surface area (Å²) >= 11 is 1.29. The van der Waals surface area contributed by atoms with E-state index in [0.717, 1.165) is 11.0 Å². The Balaban J connectivity index is 1.72. The molecule has 0 bridgehead atoms. The first kappa shape index (κ1) is 15.1. The number of methoxy groups -OCH3 is 1. The molecule has 3 aromatic heterocycles. The van der Waals surface area contributed by atoms with Gasteiger partial charge in [-0.1, -0.05) is 0 Å². The van der Waals surface area contributed by atoms with Crippen LogP contribution < -0.4 is 5.32 Å². The molecule has 0 spiro atoms. The summed E-state index contributed by atoms with van der Waals surface area (Å²) in [6.07, 6.45) is 3.33. The summed E-state index contributed by atoms with van der Waals surface area (Å²) in [6, 6.07) is 1.87. The van der Waals surface area contributed by atoms with Gasteiger partial charge in [-0.05, 0) is 6.07 Å². The Labute approximate surface area is 134 Å². The number of nitrogens with one attached hydrogen (secondary N) is 2. The molecule has 23 heavy (non-hydrogen) atoms. The second-order valence-corrected chi connectivity index (χ2v) is 5.48. The normalized spacial score (nSPS) is 10.7. The van der Waals surface area contributed by atoms with Crippen molar-refractivity contribution in [1.82, 2.24) is 19.9 Å². The highest BCUT2D eigenvalue weighted by Crippen LogP contribution is 2.28. The average Bonchev–Trinajstić information content (AvgIpc) is 3.21. The molecule has 0 aliphatic rings. The molecular weight excluding hydrogens is 318 g/mol. The molecule has 8 nitrogen and oxygen atoms in total. The topological polar surface area (TPSA) is 110 Å². The Bertz CT molecular complexity index is 857. The zero-order valence-electron chi connectivity index (χ0n) is 12.2. The minimum Gasteiger partial charge on any atom is -0.469 e. The number of hydrogen-bond donors (Lipinski definition) is 2. The molecule has 9 heteroatoms. The first-order chi connectivity index (χ1) is 11.2. The summed E-state index contributed by atoms with van der Waals surface area (Å²) in [5, 5.41) is 5.79. The van der Waals surface area contributed by atoms with Crippen molar-refractivity contribution >= 4 is 39.4 Å². The van der Waals surface area contributed by atoms with Gasteiger partial charge in [-0.3, -0.25) is 9.59 Å². The van der Waals surface area contributed by atoms with Crippen molar-refractivity contribution in [1.29, 1.82) is 0 Å². The van der Waals surface area contributed by atoms with Crippen molar-refractivity contribution in [3.05, 3.63) is 24.0 Å². The van der Waals surface area contributed by atoms with Gasteiger partial charge in [0.1, 0.15) is 23.4 Å². The van der Waals surface area contributed by atoms with Crippen LogP contribution in [0.2, 0.25) is 0 Å². The fraction of sp³-hybridized carbons (Fsp3) is 0.214. The highest BCUT2D eigenvalue weighted by molar-refractivity contribution is 7.14. The van der Waals surface area contributed by atoms with Crippen molar-refractivity contribution in [2.24, 2.45) is 0 Å². The van der Waals surface area contributed by atoms with E-state index in [1.165, 1.54) is 24.8 Å². The number of hydrogen-bond acceptors (Lipinski definition) is 7. The van der Waals surface area contributed by atoms with Crippen LogP contribution in [0.15, 0.2) is 24.0 Å². The van der Waals surface area contributed by atoms with E-state index in [1.807, 2.05) is 11.4 Å². The smallest absolute Gasteiger partial charge is 0.306 e. The van der Waals surface area contributed by atoms with Crippen LogP contribution in [0.5, 0.6) is 0 Å². The van der Waals surface area contributed by atoms with Crippen LogP contribution in [0, 0.1) is 0 Å². The van der Waals surface area contributed by atoms with E-state index in [4.69, 9.17) is 0 Å². The Hall–Kier alpha value is -2.81. The number of esters is 1. The van der Waals surface area contributed by atoms with Crippen molar-refractivity contribution in [2.75, 3.05) is 12.4 Å². The fourth-order valence-electron chi connectivity index (χ4n) is 2.02. The molecule has 0 atom stereocenters. The largest absolute Gasteiger partial charge is 0.469 e. The molecule has 0 radical (unpaired) electrons. The number of fused-ring (bicyclic) bond motifs is 1. The van der Waals surface area contributed by atoms with E-state index < -0.39 is 5.97 Å². The molecule has 0 aliphatic carbocycles. The number of nitrogens with zero attached hydrogens (tertiary/aromatic N) is 3. The maximum Gasteiger partial charge on any atom is 0.306 e. The maximum atomic E-state index is 11.8. The van der Waals surface area contributed by atoms with Gasteiger partial charge < -0.3 is 15.0 Å². The molecule has 3 aromatic rings. The second-order valence-electron chi connectivity index (χ2n) is 4.62. The van der Waals surface area contributed by atoms with Crippen LogP contribution in [0.4, 0.5) is 5.13 Å². The molecule has 0 saturated heterocycles. The third kappa shape index (κ3) is 3.34. The Morgan fingerprint density at radius 2 is 2.22 bits per heavy atom. The molecule has 1 amide bonds. The average molecular weight is 331 g/mol. The third-order valence-electron chi connectivity index (χ3n) is 3.13. The van der Waals surface area contributed by atoms with Crippen molar-refractivity contribution < 1.29 is 14.3 Å². The van der Waals surface area contributed by atoms with Gasteiger partial charge in [0.25, 0.3) is 0 Å². The van der Waals surface area contributed by atoms with Gasteiger partial charge in [0.05, 0.1) is 13.5 Å². The number of carbonyl (C=O) groups excluding carboxylic acids is 2. The summed E-state index contributed by atoms with van der Waals surface area (Å²) in [7, 11) is 1.29. The van der Waals surface area contributed by atoms with Crippen molar-refractivity contribution in [3.8, 4) is 11.4 Å². The van der Waals surface area contributed by atoms with Crippen LogP contribution in [-0.2, 0) is 14.3 Å². The monoisotopic (exact) mass is 331 g/mol. The molecule has 2 N–H and O–H groups in total. The lowest BCUT2D eigenvalue weighted by molar-refractivity contribution is -0.141. The number of amides is 1. The van der Waals surface area contributed by atoms with Crippen LogP contribution >= 0.6 is 11.3 Å². The molecule has 0 aromatic carbocycles. The number of aromatic amines is 1. The van der Waals surface area contributed by atoms with E-state index in [9.17, 15) is 9.59 Å². The molecule has 0 fully saturated rings. The maximum absolute atomic E-state index is 11.8. The van der Waals surface area contributed by atoms with Crippen molar-refractivity contribution in [2.45, 2.75) is 12.8 Å². The Morgan fingerprint density at radius 1 is 1.35 bits per heavy atom. The van der Waals surface area contributed by atoms with Crippen LogP contribution in [0.1, 0.15) is 12.8 Å². The lowest BCUT2D eigenvalue weighted by Gasteiger charge is -2.01. The summed E-state index contributed by atoms with van der Waals surface area (Å²) in [5.41, 5.74) is 2.08. The molecular formula is C14H13N5O3S. The predicted octanol–water partition coefficient (Wildman–Crippen LogP) is 1.97. The number of thiazole rings is 1. The minimum atomic E-state index is -0.421. The van der Waals surface area contributed by atoms with Crippen LogP contribution in [-0.4, -0.2) is 38.9 Å². The number of H-pyrrole nitrogens is 1. The molecule has 3 rings (SSSR count). The molecule has 0 unspecified atom stereocenters. The standard InChI is InChI=1S/C14H13N5O3S/c1-22-11(21)3-2-10(20)19-14-18-9(6-23-14)12-8-4-5-15-13(8)17-7-16-12/h4-7H,2-3H2,1H3,(H,15,16,17)(H,18,19,20). The van der Waals surface area contributed by atoms with E-state index in [0.29, 0.717) is 16.5 Å². The van der Waals surface area contributed by atoms with Crippen molar-refractivity contribution in [3.63, 3.8) is 0 Å². The quantitative estimate of drug-likeness (QED) is 0.692. The number of ether oxygens (including phenoxy) is 1. The third-order valence-corrected chi connectivity index (χ3v) is 3.89. The van der Waals surface area contributed by atoms with Gasteiger partial charge in [-0.2, -0.15) is 0 Å². The van der Waals surface area contributed by atoms with E-state index >= 15 is 0 Å². The number of aromatic nitrogens is 4. The van der Waals surface area contributed by atoms with Gasteiger partial charge in [-0.15, -0.1) is 11.3 Å². The SMILES string of the molecule is COC(=O)CCC(=O)Nc1nc(-c2ncnc3[nH]ccc23)cs1. The predicted molar refractivity (Wildman–Crippen MR) is 84.9 cm³/mol. The summed E-state index contributed by atoms with van der Waals surface area (Å²) in [4.78, 5) is 38.5. The molecule has 118 valence electrons. The lowest BCUT2D eigenvalue weighted by atomic mass is 10.2. The first-order valence-electron chi connectivity index (χ1n) is 6.78. The molecule has 0 saturated carbocycles. The zero-order valence-corrected chi connectivity index (χ0v) is 13.0. The summed E-state index contributed by atoms with van der Waals surface area (Å²) < 4.78 is 4.50. The van der Waals surface area contributed by atoms with Gasteiger partial charge in [0, 0.05) is 23.4 Å². The number of rotatable bonds is 5. The van der Waals surface area contributed by atoms with Gasteiger partial charge >= 0.3 is 5.97 Å². The molecule has 0 aliphatic heterocycles.